The number of carbonyl (C=O) groups is 1. The van der Waals surface area contributed by atoms with Crippen LogP contribution in [0.25, 0.3) is 10.9 Å². The quantitative estimate of drug-likeness (QED) is 0.668. The van der Waals surface area contributed by atoms with E-state index in [1.54, 1.807) is 25.3 Å². The summed E-state index contributed by atoms with van der Waals surface area (Å²) in [5.74, 6) is -0.504. The predicted octanol–water partition coefficient (Wildman–Crippen LogP) is 2.28. The van der Waals surface area contributed by atoms with E-state index in [2.05, 4.69) is 20.5 Å². The minimum Gasteiger partial charge on any atom is -0.481 e. The summed E-state index contributed by atoms with van der Waals surface area (Å²) in [6.45, 7) is 0.503. The van der Waals surface area contributed by atoms with E-state index in [0.29, 0.717) is 23.3 Å². The number of H-pyrrole nitrogens is 1. The molecule has 3 rings (SSSR count). The van der Waals surface area contributed by atoms with Crippen molar-refractivity contribution in [3.8, 4) is 5.88 Å². The standard InChI is InChI=1S/C15H14N4O3/c1-22-13-4-2-3-10(17-13)8-16-9-5-6-12-11(7-9)14(15(20)21)19-18-12/h2-7,16H,8H2,1H3,(H,18,19)(H,20,21). The number of nitrogens with zero attached hydrogens (tertiary/aromatic N) is 2. The first-order valence-electron chi connectivity index (χ1n) is 6.62. The van der Waals surface area contributed by atoms with Gasteiger partial charge in [-0.1, -0.05) is 6.07 Å². The molecule has 0 aliphatic carbocycles. The molecule has 1 aromatic carbocycles. The van der Waals surface area contributed by atoms with Crippen molar-refractivity contribution >= 4 is 22.6 Å². The molecule has 0 bridgehead atoms. The number of benzene rings is 1. The molecule has 3 aromatic rings. The smallest absolute Gasteiger partial charge is 0.357 e. The molecule has 0 aliphatic rings. The van der Waals surface area contributed by atoms with Gasteiger partial charge in [0, 0.05) is 17.1 Å². The third kappa shape index (κ3) is 2.69. The molecular formula is C15H14N4O3. The summed E-state index contributed by atoms with van der Waals surface area (Å²) in [6.07, 6.45) is 0. The van der Waals surface area contributed by atoms with Gasteiger partial charge >= 0.3 is 5.97 Å². The van der Waals surface area contributed by atoms with Crippen molar-refractivity contribution < 1.29 is 14.6 Å². The van der Waals surface area contributed by atoms with Crippen LogP contribution in [-0.4, -0.2) is 33.4 Å². The van der Waals surface area contributed by atoms with E-state index in [4.69, 9.17) is 9.84 Å². The fourth-order valence-corrected chi connectivity index (χ4v) is 2.15. The summed E-state index contributed by atoms with van der Waals surface area (Å²) in [6, 6.07) is 10.9. The molecule has 0 saturated heterocycles. The van der Waals surface area contributed by atoms with E-state index in [-0.39, 0.29) is 5.69 Å². The van der Waals surface area contributed by atoms with Crippen LogP contribution >= 0.6 is 0 Å². The van der Waals surface area contributed by atoms with Crippen LogP contribution in [0.1, 0.15) is 16.2 Å². The van der Waals surface area contributed by atoms with Crippen LogP contribution in [0.5, 0.6) is 5.88 Å². The van der Waals surface area contributed by atoms with Crippen molar-refractivity contribution in [2.45, 2.75) is 6.54 Å². The van der Waals surface area contributed by atoms with E-state index in [1.165, 1.54) is 0 Å². The molecule has 7 heteroatoms. The summed E-state index contributed by atoms with van der Waals surface area (Å²) >= 11 is 0. The number of ether oxygens (including phenoxy) is 1. The van der Waals surface area contributed by atoms with Crippen molar-refractivity contribution in [3.63, 3.8) is 0 Å². The van der Waals surface area contributed by atoms with Gasteiger partial charge in [-0.25, -0.2) is 9.78 Å². The summed E-state index contributed by atoms with van der Waals surface area (Å²) in [5, 5.41) is 19.4. The molecule has 7 nitrogen and oxygen atoms in total. The first kappa shape index (κ1) is 13.9. The third-order valence-electron chi connectivity index (χ3n) is 3.23. The van der Waals surface area contributed by atoms with E-state index in [9.17, 15) is 4.79 Å². The van der Waals surface area contributed by atoms with Crippen molar-refractivity contribution in [2.75, 3.05) is 12.4 Å². The normalized spacial score (nSPS) is 10.6. The molecule has 0 unspecified atom stereocenters. The van der Waals surface area contributed by atoms with E-state index in [1.807, 2.05) is 18.2 Å². The second-order valence-corrected chi connectivity index (χ2v) is 4.66. The number of anilines is 1. The van der Waals surface area contributed by atoms with Crippen LogP contribution in [0.15, 0.2) is 36.4 Å². The Morgan fingerprint density at radius 2 is 2.23 bits per heavy atom. The average molecular weight is 298 g/mol. The molecule has 0 aliphatic heterocycles. The number of aromatic amines is 1. The Balaban J connectivity index is 1.81. The third-order valence-corrected chi connectivity index (χ3v) is 3.23. The predicted molar refractivity (Wildman–Crippen MR) is 81.2 cm³/mol. The Kier molecular flexibility index (Phi) is 3.61. The SMILES string of the molecule is COc1cccc(CNc2ccc3[nH]nc(C(=O)O)c3c2)n1. The van der Waals surface area contributed by atoms with E-state index < -0.39 is 5.97 Å². The minimum absolute atomic E-state index is 0.0122. The van der Waals surface area contributed by atoms with Crippen LogP contribution in [0, 0.1) is 0 Å². The molecule has 0 fully saturated rings. The zero-order valence-corrected chi connectivity index (χ0v) is 11.8. The van der Waals surface area contributed by atoms with Crippen LogP contribution in [-0.2, 0) is 6.54 Å². The van der Waals surface area contributed by atoms with Gasteiger partial charge in [-0.15, -0.1) is 0 Å². The van der Waals surface area contributed by atoms with Gasteiger partial charge in [-0.2, -0.15) is 5.10 Å². The van der Waals surface area contributed by atoms with Gasteiger partial charge in [0.1, 0.15) is 0 Å². The molecular weight excluding hydrogens is 284 g/mol. The molecule has 2 heterocycles. The zero-order chi connectivity index (χ0) is 15.5. The Labute approximate surface area is 126 Å². The summed E-state index contributed by atoms with van der Waals surface area (Å²) in [4.78, 5) is 15.4. The highest BCUT2D eigenvalue weighted by Gasteiger charge is 2.12. The van der Waals surface area contributed by atoms with Gasteiger partial charge in [-0.3, -0.25) is 5.10 Å². The van der Waals surface area contributed by atoms with Crippen molar-refractivity contribution in [1.82, 2.24) is 15.2 Å². The number of methoxy groups -OCH3 is 1. The van der Waals surface area contributed by atoms with E-state index >= 15 is 0 Å². The lowest BCUT2D eigenvalue weighted by atomic mass is 10.2. The van der Waals surface area contributed by atoms with Gasteiger partial charge in [0.25, 0.3) is 0 Å². The van der Waals surface area contributed by atoms with Crippen molar-refractivity contribution in [2.24, 2.45) is 0 Å². The maximum absolute atomic E-state index is 11.1. The Bertz CT molecular complexity index is 829. The molecule has 0 atom stereocenters. The molecule has 2 aromatic heterocycles. The number of carboxylic acid groups (broad SMARTS) is 1. The van der Waals surface area contributed by atoms with Gasteiger partial charge in [0.15, 0.2) is 5.69 Å². The topological polar surface area (TPSA) is 100 Å². The van der Waals surface area contributed by atoms with Crippen LogP contribution in [0.4, 0.5) is 5.69 Å². The van der Waals surface area contributed by atoms with Gasteiger partial charge in [-0.05, 0) is 24.3 Å². The number of aromatic nitrogens is 3. The van der Waals surface area contributed by atoms with Crippen molar-refractivity contribution in [3.05, 3.63) is 47.8 Å². The van der Waals surface area contributed by atoms with Crippen LogP contribution in [0.3, 0.4) is 0 Å². The summed E-state index contributed by atoms with van der Waals surface area (Å²) < 4.78 is 5.08. The Hall–Kier alpha value is -3.09. The van der Waals surface area contributed by atoms with Gasteiger partial charge in [0.05, 0.1) is 24.9 Å². The average Bonchev–Trinajstić information content (AvgIpc) is 2.96. The molecule has 0 saturated carbocycles. The lowest BCUT2D eigenvalue weighted by Gasteiger charge is -2.07. The number of aromatic carboxylic acids is 1. The summed E-state index contributed by atoms with van der Waals surface area (Å²) in [7, 11) is 1.57. The number of rotatable bonds is 5. The number of hydrogen-bond acceptors (Lipinski definition) is 5. The van der Waals surface area contributed by atoms with Gasteiger partial charge < -0.3 is 15.2 Å². The molecule has 0 spiro atoms. The number of nitrogens with one attached hydrogen (secondary N) is 2. The number of carboxylic acids is 1. The number of hydrogen-bond donors (Lipinski definition) is 3. The van der Waals surface area contributed by atoms with Crippen molar-refractivity contribution in [1.29, 1.82) is 0 Å². The van der Waals surface area contributed by atoms with Crippen LogP contribution in [0.2, 0.25) is 0 Å². The van der Waals surface area contributed by atoms with Crippen LogP contribution < -0.4 is 10.1 Å². The lowest BCUT2D eigenvalue weighted by molar-refractivity contribution is 0.0692. The molecule has 3 N–H and O–H groups in total. The second kappa shape index (κ2) is 5.72. The largest absolute Gasteiger partial charge is 0.481 e. The highest BCUT2D eigenvalue weighted by Crippen LogP contribution is 2.21. The fraction of sp³-hybridized carbons (Fsp3) is 0.133. The Morgan fingerprint density at radius 3 is 3.00 bits per heavy atom. The lowest BCUT2D eigenvalue weighted by Crippen LogP contribution is -2.02. The molecule has 0 amide bonds. The Morgan fingerprint density at radius 1 is 1.36 bits per heavy atom. The molecule has 22 heavy (non-hydrogen) atoms. The molecule has 112 valence electrons. The maximum Gasteiger partial charge on any atom is 0.357 e. The highest BCUT2D eigenvalue weighted by molar-refractivity contribution is 6.01. The first-order valence-corrected chi connectivity index (χ1v) is 6.62. The molecule has 0 radical (unpaired) electrons. The monoisotopic (exact) mass is 298 g/mol. The summed E-state index contributed by atoms with van der Waals surface area (Å²) in [5.41, 5.74) is 2.31. The number of fused-ring (bicyclic) bond motifs is 1. The number of pyridine rings is 1. The highest BCUT2D eigenvalue weighted by atomic mass is 16.5. The van der Waals surface area contributed by atoms with Gasteiger partial charge in [0.2, 0.25) is 5.88 Å². The fourth-order valence-electron chi connectivity index (χ4n) is 2.15. The maximum atomic E-state index is 11.1. The minimum atomic E-state index is -1.06. The second-order valence-electron chi connectivity index (χ2n) is 4.66. The first-order chi connectivity index (χ1) is 10.7. The van der Waals surface area contributed by atoms with E-state index in [0.717, 1.165) is 11.4 Å². The zero-order valence-electron chi connectivity index (χ0n) is 11.8.